The van der Waals surface area contributed by atoms with Gasteiger partial charge in [-0.3, -0.25) is 4.79 Å². The van der Waals surface area contributed by atoms with Gasteiger partial charge in [-0.25, -0.2) is 0 Å². The maximum Gasteiger partial charge on any atom is 0.269 e. The molecular formula is C24H22N2O3. The molecule has 2 aliphatic heterocycles. The number of ether oxygens (including phenoxy) is 2. The molecule has 5 heteroatoms. The van der Waals surface area contributed by atoms with Gasteiger partial charge >= 0.3 is 0 Å². The molecule has 5 rings (SSSR count). The number of hydrogen-bond donors (Lipinski definition) is 1. The fourth-order valence-corrected chi connectivity index (χ4v) is 3.92. The minimum absolute atomic E-state index is 0.199. The molecule has 3 aromatic carbocycles. The van der Waals surface area contributed by atoms with Crippen LogP contribution in [0.2, 0.25) is 0 Å². The van der Waals surface area contributed by atoms with Crippen molar-refractivity contribution in [2.45, 2.75) is 19.1 Å². The number of benzene rings is 3. The second kappa shape index (κ2) is 7.51. The van der Waals surface area contributed by atoms with Gasteiger partial charge in [0.25, 0.3) is 5.91 Å². The quantitative estimate of drug-likeness (QED) is 0.736. The third-order valence-corrected chi connectivity index (χ3v) is 5.42. The lowest BCUT2D eigenvalue weighted by Gasteiger charge is -2.26. The van der Waals surface area contributed by atoms with Gasteiger partial charge in [0, 0.05) is 24.5 Å². The smallest absolute Gasteiger partial charge is 0.269 e. The topological polar surface area (TPSA) is 50.8 Å². The zero-order chi connectivity index (χ0) is 19.6. The van der Waals surface area contributed by atoms with E-state index in [4.69, 9.17) is 9.47 Å². The number of anilines is 2. The van der Waals surface area contributed by atoms with Crippen LogP contribution in [0.1, 0.15) is 11.1 Å². The van der Waals surface area contributed by atoms with Gasteiger partial charge in [0.15, 0.2) is 11.5 Å². The van der Waals surface area contributed by atoms with Gasteiger partial charge in [0.2, 0.25) is 6.10 Å². The molecule has 0 bridgehead atoms. The molecule has 0 saturated heterocycles. The van der Waals surface area contributed by atoms with E-state index in [1.54, 1.807) is 0 Å². The van der Waals surface area contributed by atoms with Gasteiger partial charge in [-0.2, -0.15) is 0 Å². The van der Waals surface area contributed by atoms with Crippen molar-refractivity contribution in [3.05, 3.63) is 83.9 Å². The molecule has 29 heavy (non-hydrogen) atoms. The van der Waals surface area contributed by atoms with E-state index >= 15 is 0 Å². The highest BCUT2D eigenvalue weighted by molar-refractivity contribution is 5.95. The molecule has 1 N–H and O–H groups in total. The van der Waals surface area contributed by atoms with E-state index in [1.165, 1.54) is 11.3 Å². The van der Waals surface area contributed by atoms with Crippen LogP contribution in [0.15, 0.2) is 72.8 Å². The zero-order valence-corrected chi connectivity index (χ0v) is 16.0. The summed E-state index contributed by atoms with van der Waals surface area (Å²) in [5, 5.41) is 3.04. The molecule has 0 aromatic heterocycles. The number of carbonyl (C=O) groups is 1. The Balaban J connectivity index is 1.31. The Morgan fingerprint density at radius 2 is 1.72 bits per heavy atom. The monoisotopic (exact) mass is 386 g/mol. The predicted octanol–water partition coefficient (Wildman–Crippen LogP) is 4.03. The molecule has 1 amide bonds. The molecule has 0 spiro atoms. The Bertz CT molecular complexity index is 1050. The third-order valence-electron chi connectivity index (χ3n) is 5.42. The van der Waals surface area contributed by atoms with E-state index in [-0.39, 0.29) is 12.5 Å². The number of nitrogens with one attached hydrogen (secondary N) is 1. The largest absolute Gasteiger partial charge is 0.485 e. The minimum Gasteiger partial charge on any atom is -0.485 e. The van der Waals surface area contributed by atoms with Crippen LogP contribution in [-0.2, 0) is 17.8 Å². The van der Waals surface area contributed by atoms with Crippen molar-refractivity contribution in [1.29, 1.82) is 0 Å². The third kappa shape index (κ3) is 3.51. The second-order valence-corrected chi connectivity index (χ2v) is 7.31. The van der Waals surface area contributed by atoms with Gasteiger partial charge in [-0.15, -0.1) is 0 Å². The summed E-state index contributed by atoms with van der Waals surface area (Å²) in [4.78, 5) is 15.2. The molecule has 1 atom stereocenters. The van der Waals surface area contributed by atoms with Crippen molar-refractivity contribution >= 4 is 17.3 Å². The van der Waals surface area contributed by atoms with Crippen molar-refractivity contribution < 1.29 is 14.3 Å². The fraction of sp³-hybridized carbons (Fsp3) is 0.208. The highest BCUT2D eigenvalue weighted by Crippen LogP contribution is 2.32. The molecule has 3 aromatic rings. The first-order valence-corrected chi connectivity index (χ1v) is 9.88. The Hall–Kier alpha value is -3.47. The second-order valence-electron chi connectivity index (χ2n) is 7.31. The number of carbonyl (C=O) groups excluding carboxylic acids is 1. The van der Waals surface area contributed by atoms with E-state index in [9.17, 15) is 4.79 Å². The molecule has 0 fully saturated rings. The van der Waals surface area contributed by atoms with Crippen molar-refractivity contribution in [1.82, 2.24) is 0 Å². The Labute approximate surface area is 169 Å². The van der Waals surface area contributed by atoms with Crippen LogP contribution < -0.4 is 19.7 Å². The molecule has 146 valence electrons. The Morgan fingerprint density at radius 3 is 2.66 bits per heavy atom. The summed E-state index contributed by atoms with van der Waals surface area (Å²) in [5.41, 5.74) is 4.54. The predicted molar refractivity (Wildman–Crippen MR) is 113 cm³/mol. The standard InChI is InChI=1S/C24H22N2O3/c27-24(23-16-28-21-11-5-6-12-22(21)29-23)25-19-9-3-1-8-18(19)15-26-14-13-17-7-2-4-10-20(17)26/h1-12,23H,13-16H2,(H,25,27). The zero-order valence-electron chi connectivity index (χ0n) is 16.0. The maximum atomic E-state index is 12.8. The van der Waals surface area contributed by atoms with Crippen molar-refractivity contribution in [3.63, 3.8) is 0 Å². The molecule has 0 aliphatic carbocycles. The fourth-order valence-electron chi connectivity index (χ4n) is 3.92. The summed E-state index contributed by atoms with van der Waals surface area (Å²) >= 11 is 0. The average molecular weight is 386 g/mol. The minimum atomic E-state index is -0.675. The van der Waals surface area contributed by atoms with E-state index in [0.717, 1.165) is 30.8 Å². The van der Waals surface area contributed by atoms with Crippen LogP contribution in [0.3, 0.4) is 0 Å². The number of rotatable bonds is 4. The van der Waals surface area contributed by atoms with Gasteiger partial charge in [-0.1, -0.05) is 48.5 Å². The molecule has 5 nitrogen and oxygen atoms in total. The van der Waals surface area contributed by atoms with Crippen LogP contribution in [0.5, 0.6) is 11.5 Å². The first-order chi connectivity index (χ1) is 14.3. The number of para-hydroxylation sites is 4. The van der Waals surface area contributed by atoms with Crippen LogP contribution in [-0.4, -0.2) is 25.2 Å². The van der Waals surface area contributed by atoms with Gasteiger partial charge in [0.05, 0.1) is 0 Å². The normalized spacial score (nSPS) is 17.0. The maximum absolute atomic E-state index is 12.8. The van der Waals surface area contributed by atoms with Gasteiger partial charge in [-0.05, 0) is 41.8 Å². The van der Waals surface area contributed by atoms with E-state index in [2.05, 4.69) is 40.5 Å². The average Bonchev–Trinajstić information content (AvgIpc) is 3.17. The Morgan fingerprint density at radius 1 is 0.966 bits per heavy atom. The van der Waals surface area contributed by atoms with Crippen LogP contribution in [0, 0.1) is 0 Å². The first-order valence-electron chi connectivity index (χ1n) is 9.88. The lowest BCUT2D eigenvalue weighted by Crippen LogP contribution is -2.40. The number of fused-ring (bicyclic) bond motifs is 2. The van der Waals surface area contributed by atoms with Crippen LogP contribution >= 0.6 is 0 Å². The molecule has 2 aliphatic rings. The molecule has 1 unspecified atom stereocenters. The number of amides is 1. The van der Waals surface area contributed by atoms with Gasteiger partial charge in [0.1, 0.15) is 6.61 Å². The van der Waals surface area contributed by atoms with Crippen LogP contribution in [0.25, 0.3) is 0 Å². The van der Waals surface area contributed by atoms with Crippen molar-refractivity contribution in [2.24, 2.45) is 0 Å². The Kier molecular flexibility index (Phi) is 4.56. The van der Waals surface area contributed by atoms with E-state index < -0.39 is 6.10 Å². The van der Waals surface area contributed by atoms with Gasteiger partial charge < -0.3 is 19.7 Å². The summed E-state index contributed by atoms with van der Waals surface area (Å²) in [6, 6.07) is 23.8. The summed E-state index contributed by atoms with van der Waals surface area (Å²) in [6.45, 7) is 1.93. The highest BCUT2D eigenvalue weighted by Gasteiger charge is 2.28. The van der Waals surface area contributed by atoms with Crippen molar-refractivity contribution in [3.8, 4) is 11.5 Å². The van der Waals surface area contributed by atoms with E-state index in [1.807, 2.05) is 42.5 Å². The first kappa shape index (κ1) is 17.6. The lowest BCUT2D eigenvalue weighted by molar-refractivity contribution is -0.125. The lowest BCUT2D eigenvalue weighted by atomic mass is 10.1. The van der Waals surface area contributed by atoms with E-state index in [0.29, 0.717) is 11.5 Å². The summed E-state index contributed by atoms with van der Waals surface area (Å²) < 4.78 is 11.5. The highest BCUT2D eigenvalue weighted by atomic mass is 16.6. The SMILES string of the molecule is O=C(Nc1ccccc1CN1CCc2ccccc21)C1COc2ccccc2O1. The molecule has 2 heterocycles. The number of hydrogen-bond acceptors (Lipinski definition) is 4. The summed E-state index contributed by atoms with van der Waals surface area (Å²) in [5.74, 6) is 1.07. The molecule has 0 saturated carbocycles. The molecule has 0 radical (unpaired) electrons. The summed E-state index contributed by atoms with van der Waals surface area (Å²) in [6.07, 6.45) is 0.377. The van der Waals surface area contributed by atoms with Crippen molar-refractivity contribution in [2.75, 3.05) is 23.4 Å². The number of nitrogens with zero attached hydrogens (tertiary/aromatic N) is 1. The van der Waals surface area contributed by atoms with Crippen LogP contribution in [0.4, 0.5) is 11.4 Å². The molecular weight excluding hydrogens is 364 g/mol. The summed E-state index contributed by atoms with van der Waals surface area (Å²) in [7, 11) is 0.